The van der Waals surface area contributed by atoms with Crippen LogP contribution >= 0.6 is 0 Å². The van der Waals surface area contributed by atoms with Crippen LogP contribution in [0.3, 0.4) is 0 Å². The molecule has 0 amide bonds. The molecular weight excluding hydrogens is 723 g/mol. The van der Waals surface area contributed by atoms with Crippen molar-refractivity contribution in [3.05, 3.63) is 210 Å². The summed E-state index contributed by atoms with van der Waals surface area (Å²) in [6.07, 6.45) is 5.43. The van der Waals surface area contributed by atoms with E-state index >= 15 is 0 Å². The molecule has 4 atom stereocenters. The van der Waals surface area contributed by atoms with Gasteiger partial charge < -0.3 is 4.90 Å². The predicted octanol–water partition coefficient (Wildman–Crippen LogP) is 15.5. The number of rotatable bonds is 3. The molecule has 60 heavy (non-hydrogen) atoms. The first kappa shape index (κ1) is 33.2. The van der Waals surface area contributed by atoms with Gasteiger partial charge in [0, 0.05) is 16.2 Å². The third kappa shape index (κ3) is 4.13. The minimum atomic E-state index is -0.311. The van der Waals surface area contributed by atoms with Gasteiger partial charge in [-0.2, -0.15) is 0 Å². The van der Waals surface area contributed by atoms with Gasteiger partial charge >= 0.3 is 0 Å². The molecule has 0 saturated heterocycles. The molecular formula is C59H43N. The first-order valence-corrected chi connectivity index (χ1v) is 22.0. The molecule has 2 saturated carbocycles. The smallest absolute Gasteiger partial charge is 0.0540 e. The molecule has 284 valence electrons. The quantitative estimate of drug-likeness (QED) is 0.173. The Balaban J connectivity index is 0.974. The van der Waals surface area contributed by atoms with Crippen molar-refractivity contribution in [1.82, 2.24) is 0 Å². The van der Waals surface area contributed by atoms with Crippen molar-refractivity contribution in [2.75, 3.05) is 4.90 Å². The molecule has 1 heterocycles. The van der Waals surface area contributed by atoms with Gasteiger partial charge in [0.1, 0.15) is 0 Å². The van der Waals surface area contributed by atoms with Crippen LogP contribution < -0.4 is 4.90 Å². The Labute approximate surface area is 351 Å². The second-order valence-corrected chi connectivity index (χ2v) is 18.5. The monoisotopic (exact) mass is 765 g/mol. The van der Waals surface area contributed by atoms with Crippen molar-refractivity contribution < 1.29 is 0 Å². The molecule has 14 rings (SSSR count). The molecule has 4 aliphatic carbocycles. The van der Waals surface area contributed by atoms with Crippen molar-refractivity contribution in [3.8, 4) is 44.5 Å². The highest BCUT2D eigenvalue weighted by Gasteiger charge is 2.56. The third-order valence-corrected chi connectivity index (χ3v) is 15.9. The Morgan fingerprint density at radius 1 is 0.433 bits per heavy atom. The number of nitrogens with zero attached hydrogens (tertiary/aromatic N) is 1. The molecule has 1 nitrogen and oxygen atoms in total. The second-order valence-electron chi connectivity index (χ2n) is 18.5. The van der Waals surface area contributed by atoms with E-state index in [0.29, 0.717) is 0 Å². The van der Waals surface area contributed by atoms with Gasteiger partial charge in [-0.25, -0.2) is 0 Å². The number of hydrogen-bond acceptors (Lipinski definition) is 1. The average Bonchev–Trinajstić information content (AvgIpc) is 4.06. The first-order chi connectivity index (χ1) is 29.6. The van der Waals surface area contributed by atoms with Crippen LogP contribution in [-0.2, 0) is 10.8 Å². The summed E-state index contributed by atoms with van der Waals surface area (Å²) in [5.74, 6) is 1.59. The standard InChI is InChI=1S/C59H43N/c1-58-50-18-8-6-15-46(50)49-17-10-20-56(57(49)58)60(55-29-25-40(33-53(55)58)39-23-22-37-11-2-3-12-38(37)32-39)54-30-28-43(44-13-4-5-16-48(44)54)41-24-27-47-45-14-7-9-19-51(45)59(52(47)34-41)35-36-21-26-42(59)31-36/h2-20,22-25,27-30,32-34,36,42H,21,26,31,35H2,1H3. The molecule has 9 aromatic carbocycles. The maximum Gasteiger partial charge on any atom is 0.0540 e. The van der Waals surface area contributed by atoms with Gasteiger partial charge in [0.05, 0.1) is 17.1 Å². The van der Waals surface area contributed by atoms with Crippen molar-refractivity contribution >= 4 is 38.6 Å². The fourth-order valence-corrected chi connectivity index (χ4v) is 13.4. The number of fused-ring (bicyclic) bond motifs is 15. The highest BCUT2D eigenvalue weighted by molar-refractivity contribution is 6.09. The zero-order chi connectivity index (χ0) is 39.3. The molecule has 2 bridgehead atoms. The minimum absolute atomic E-state index is 0.154. The topological polar surface area (TPSA) is 3.24 Å². The van der Waals surface area contributed by atoms with Gasteiger partial charge in [-0.05, 0) is 163 Å². The zero-order valence-corrected chi connectivity index (χ0v) is 33.8. The van der Waals surface area contributed by atoms with Gasteiger partial charge in [-0.1, -0.05) is 152 Å². The van der Waals surface area contributed by atoms with Crippen LogP contribution in [0.2, 0.25) is 0 Å². The maximum absolute atomic E-state index is 2.61. The van der Waals surface area contributed by atoms with E-state index in [-0.39, 0.29) is 10.8 Å². The third-order valence-electron chi connectivity index (χ3n) is 15.9. The van der Waals surface area contributed by atoms with Gasteiger partial charge in [0.25, 0.3) is 0 Å². The van der Waals surface area contributed by atoms with Crippen molar-refractivity contribution in [2.45, 2.75) is 43.4 Å². The molecule has 4 unspecified atom stereocenters. The first-order valence-electron chi connectivity index (χ1n) is 22.0. The molecule has 1 aliphatic heterocycles. The summed E-state index contributed by atoms with van der Waals surface area (Å²) in [4.78, 5) is 2.58. The van der Waals surface area contributed by atoms with Crippen LogP contribution in [0.25, 0.3) is 66.1 Å². The van der Waals surface area contributed by atoms with E-state index in [1.165, 1.54) is 125 Å². The molecule has 2 fully saturated rings. The molecule has 1 spiro atoms. The van der Waals surface area contributed by atoms with Crippen LogP contribution in [0, 0.1) is 11.8 Å². The van der Waals surface area contributed by atoms with E-state index in [0.717, 1.165) is 11.8 Å². The van der Waals surface area contributed by atoms with E-state index in [1.54, 1.807) is 11.1 Å². The lowest BCUT2D eigenvalue weighted by molar-refractivity contribution is 0.327. The Morgan fingerprint density at radius 2 is 1.08 bits per heavy atom. The summed E-state index contributed by atoms with van der Waals surface area (Å²) in [6.45, 7) is 2.47. The second kappa shape index (κ2) is 11.7. The summed E-state index contributed by atoms with van der Waals surface area (Å²) in [7, 11) is 0. The Morgan fingerprint density at radius 3 is 1.93 bits per heavy atom. The van der Waals surface area contributed by atoms with Crippen LogP contribution in [0.5, 0.6) is 0 Å². The van der Waals surface area contributed by atoms with Crippen molar-refractivity contribution in [1.29, 1.82) is 0 Å². The highest BCUT2D eigenvalue weighted by Crippen LogP contribution is 2.66. The highest BCUT2D eigenvalue weighted by atomic mass is 15.2. The van der Waals surface area contributed by atoms with Crippen LogP contribution in [0.4, 0.5) is 17.1 Å². The molecule has 0 radical (unpaired) electrons. The van der Waals surface area contributed by atoms with Gasteiger partial charge in [0.15, 0.2) is 0 Å². The van der Waals surface area contributed by atoms with Gasteiger partial charge in [-0.3, -0.25) is 0 Å². The lowest BCUT2D eigenvalue weighted by Gasteiger charge is -2.43. The molecule has 1 heteroatoms. The van der Waals surface area contributed by atoms with Crippen LogP contribution in [0.1, 0.15) is 60.4 Å². The number of benzene rings is 9. The van der Waals surface area contributed by atoms with Gasteiger partial charge in [0.2, 0.25) is 0 Å². The summed E-state index contributed by atoms with van der Waals surface area (Å²) < 4.78 is 0. The van der Waals surface area contributed by atoms with E-state index in [4.69, 9.17) is 0 Å². The SMILES string of the molecule is CC12c3ccccc3-c3cccc(c31)N(c1ccc(-c3ccc4c(c3)C3(CC5CCC3C5)c3ccccc3-4)c3ccccc13)c1ccc(-c3ccc4ccccc4c3)cc12. The van der Waals surface area contributed by atoms with Crippen LogP contribution in [0.15, 0.2) is 182 Å². The lowest BCUT2D eigenvalue weighted by atomic mass is 9.66. The van der Waals surface area contributed by atoms with Crippen molar-refractivity contribution in [2.24, 2.45) is 11.8 Å². The molecule has 0 N–H and O–H groups in total. The van der Waals surface area contributed by atoms with E-state index in [2.05, 4.69) is 194 Å². The Kier molecular flexibility index (Phi) is 6.49. The van der Waals surface area contributed by atoms with E-state index in [1.807, 2.05) is 0 Å². The van der Waals surface area contributed by atoms with Gasteiger partial charge in [-0.15, -0.1) is 0 Å². The van der Waals surface area contributed by atoms with Crippen LogP contribution in [-0.4, -0.2) is 0 Å². The Bertz CT molecular complexity index is 3330. The number of anilines is 3. The fraction of sp³-hybridized carbons (Fsp3) is 0.153. The largest absolute Gasteiger partial charge is 0.309 e. The molecule has 5 aliphatic rings. The lowest BCUT2D eigenvalue weighted by Crippen LogP contribution is -2.32. The fourth-order valence-electron chi connectivity index (χ4n) is 13.4. The molecule has 0 aromatic heterocycles. The summed E-state index contributed by atoms with van der Waals surface area (Å²) >= 11 is 0. The van der Waals surface area contributed by atoms with Crippen molar-refractivity contribution in [3.63, 3.8) is 0 Å². The predicted molar refractivity (Wildman–Crippen MR) is 250 cm³/mol. The normalized spacial score (nSPS) is 22.2. The van der Waals surface area contributed by atoms with E-state index < -0.39 is 0 Å². The average molecular weight is 766 g/mol. The maximum atomic E-state index is 2.61. The zero-order valence-electron chi connectivity index (χ0n) is 33.8. The summed E-state index contributed by atoms with van der Waals surface area (Å²) in [5.41, 5.74) is 21.6. The molecule has 9 aromatic rings. The summed E-state index contributed by atoms with van der Waals surface area (Å²) in [6, 6.07) is 69.7. The summed E-state index contributed by atoms with van der Waals surface area (Å²) in [5, 5.41) is 5.11. The Hall–Kier alpha value is -6.70. The number of hydrogen-bond donors (Lipinski definition) is 0. The minimum Gasteiger partial charge on any atom is -0.309 e. The van der Waals surface area contributed by atoms with E-state index in [9.17, 15) is 0 Å².